The van der Waals surface area contributed by atoms with Gasteiger partial charge < -0.3 is 5.11 Å². The van der Waals surface area contributed by atoms with Gasteiger partial charge in [0, 0.05) is 27.1 Å². The van der Waals surface area contributed by atoms with Crippen LogP contribution in [-0.4, -0.2) is 19.5 Å². The predicted molar refractivity (Wildman–Crippen MR) is 103 cm³/mol. The lowest BCUT2D eigenvalue weighted by Gasteiger charge is -2.09. The second kappa shape index (κ2) is 7.29. The molecule has 0 saturated carbocycles. The summed E-state index contributed by atoms with van der Waals surface area (Å²) in [6, 6.07) is 14.4. The lowest BCUT2D eigenvalue weighted by atomic mass is 10.1. The maximum Gasteiger partial charge on any atom is 0.348 e. The first-order chi connectivity index (χ1) is 12.8. The number of aryl methyl sites for hydroxylation is 1. The van der Waals surface area contributed by atoms with E-state index in [2.05, 4.69) is 4.72 Å². The second-order valence-corrected chi connectivity index (χ2v) is 8.42. The largest absolute Gasteiger partial charge is 0.477 e. The highest BCUT2D eigenvalue weighted by Crippen LogP contribution is 2.36. The zero-order valence-corrected chi connectivity index (χ0v) is 15.7. The van der Waals surface area contributed by atoms with E-state index in [0.717, 1.165) is 11.3 Å². The minimum absolute atomic E-state index is 0.0220. The average Bonchev–Trinajstić information content (AvgIpc) is 3.05. The monoisotopic (exact) mass is 403 g/mol. The van der Waals surface area contributed by atoms with Crippen molar-refractivity contribution >= 4 is 38.7 Å². The molecule has 0 unspecified atom stereocenters. The molecule has 0 atom stereocenters. The smallest absolute Gasteiger partial charge is 0.348 e. The molecule has 3 rings (SSSR count). The molecule has 0 fully saturated rings. The van der Waals surface area contributed by atoms with Gasteiger partial charge in [-0.25, -0.2) is 13.2 Å². The summed E-state index contributed by atoms with van der Waals surface area (Å²) in [5.74, 6) is -1.24. The number of thiophene rings is 1. The minimum Gasteiger partial charge on any atom is -0.477 e. The Bertz CT molecular complexity index is 1140. The van der Waals surface area contributed by atoms with Crippen LogP contribution in [0, 0.1) is 11.8 Å². The number of nitrogens with one attached hydrogen (secondary N) is 2. The molecule has 27 heavy (non-hydrogen) atoms. The van der Waals surface area contributed by atoms with Gasteiger partial charge in [0.1, 0.15) is 4.88 Å². The maximum absolute atomic E-state index is 12.7. The molecule has 0 radical (unpaired) electrons. The summed E-state index contributed by atoms with van der Waals surface area (Å²) in [6.45, 7) is 1.66. The highest BCUT2D eigenvalue weighted by molar-refractivity contribution is 7.92. The molecule has 0 amide bonds. The standard InChI is InChI=1S/C18H14N2O5S2/c1-11-5-2-3-8-16(11)27(24,25)20-14-10-15(26-17(14)18(21)22)12-6-4-7-13(9-12)19-23/h2-10,20H,1H3,(H,21,22)/p+1. The highest BCUT2D eigenvalue weighted by atomic mass is 32.2. The molecule has 9 heteroatoms. The van der Waals surface area contributed by atoms with Gasteiger partial charge in [0.25, 0.3) is 15.7 Å². The number of aromatic carboxylic acids is 1. The van der Waals surface area contributed by atoms with Gasteiger partial charge in [-0.15, -0.1) is 11.3 Å². The van der Waals surface area contributed by atoms with Crippen LogP contribution in [0.15, 0.2) is 59.5 Å². The number of carboxylic acid groups (broad SMARTS) is 1. The van der Waals surface area contributed by atoms with E-state index < -0.39 is 16.0 Å². The summed E-state index contributed by atoms with van der Waals surface area (Å²) in [6.07, 6.45) is 0. The summed E-state index contributed by atoms with van der Waals surface area (Å²) in [5.41, 5.74) is 1.45. The molecular weight excluding hydrogens is 388 g/mol. The van der Waals surface area contributed by atoms with Crippen molar-refractivity contribution in [3.8, 4) is 10.4 Å². The lowest BCUT2D eigenvalue weighted by Crippen LogP contribution is -2.55. The summed E-state index contributed by atoms with van der Waals surface area (Å²) in [4.78, 5) is 22.9. The summed E-state index contributed by atoms with van der Waals surface area (Å²) in [7, 11) is -3.95. The van der Waals surface area contributed by atoms with Crippen LogP contribution in [-0.2, 0) is 10.0 Å². The minimum atomic E-state index is -3.95. The number of nitroso groups, excluding NO2 is 1. The van der Waals surface area contributed by atoms with Crippen LogP contribution < -0.4 is 9.90 Å². The second-order valence-electron chi connectivity index (χ2n) is 5.71. The summed E-state index contributed by atoms with van der Waals surface area (Å²) < 4.78 is 27.8. The fourth-order valence-corrected chi connectivity index (χ4v) is 4.89. The molecule has 0 aliphatic heterocycles. The molecule has 0 aliphatic rings. The van der Waals surface area contributed by atoms with Gasteiger partial charge in [-0.1, -0.05) is 30.3 Å². The van der Waals surface area contributed by atoms with E-state index in [1.165, 1.54) is 12.1 Å². The number of sulfonamides is 1. The molecule has 138 valence electrons. The van der Waals surface area contributed by atoms with Crippen molar-refractivity contribution in [3.63, 3.8) is 0 Å². The third-order valence-corrected chi connectivity index (χ3v) is 6.52. The van der Waals surface area contributed by atoms with Crippen molar-refractivity contribution in [3.05, 3.63) is 69.9 Å². The molecule has 7 nitrogen and oxygen atoms in total. The molecule has 0 bridgehead atoms. The van der Waals surface area contributed by atoms with Crippen molar-refractivity contribution < 1.29 is 23.5 Å². The summed E-state index contributed by atoms with van der Waals surface area (Å²) >= 11 is 0.924. The van der Waals surface area contributed by atoms with Gasteiger partial charge in [0.2, 0.25) is 0 Å². The maximum atomic E-state index is 12.7. The topological polar surface area (TPSA) is 115 Å². The van der Waals surface area contributed by atoms with Gasteiger partial charge in [-0.2, -0.15) is 0 Å². The molecule has 3 aromatic rings. The third kappa shape index (κ3) is 3.88. The molecular formula is C18H15N2O5S2+. The predicted octanol–water partition coefficient (Wildman–Crippen LogP) is 2.70. The fraction of sp³-hybridized carbons (Fsp3) is 0.0556. The van der Waals surface area contributed by atoms with Crippen LogP contribution in [0.2, 0.25) is 0 Å². The van der Waals surface area contributed by atoms with Gasteiger partial charge in [0.15, 0.2) is 0 Å². The average molecular weight is 403 g/mol. The quantitative estimate of drug-likeness (QED) is 0.585. The van der Waals surface area contributed by atoms with Crippen LogP contribution in [0.3, 0.4) is 0 Å². The number of hydrogen-bond donors (Lipinski definition) is 3. The van der Waals surface area contributed by atoms with Crippen molar-refractivity contribution in [2.24, 2.45) is 0 Å². The normalized spacial score (nSPS) is 11.1. The Morgan fingerprint density at radius 3 is 2.52 bits per heavy atom. The zero-order valence-electron chi connectivity index (χ0n) is 14.1. The first kappa shape index (κ1) is 18.7. The molecule has 0 saturated heterocycles. The Kier molecular flexibility index (Phi) is 5.06. The van der Waals surface area contributed by atoms with E-state index in [-0.39, 0.29) is 15.5 Å². The lowest BCUT2D eigenvalue weighted by molar-refractivity contribution is -0.379. The van der Waals surface area contributed by atoms with Crippen molar-refractivity contribution in [1.82, 2.24) is 0 Å². The van der Waals surface area contributed by atoms with Gasteiger partial charge >= 0.3 is 5.97 Å². The highest BCUT2D eigenvalue weighted by Gasteiger charge is 2.23. The first-order valence-electron chi connectivity index (χ1n) is 7.76. The number of carboxylic acids is 1. The van der Waals surface area contributed by atoms with Crippen LogP contribution in [0.1, 0.15) is 15.2 Å². The first-order valence-corrected chi connectivity index (χ1v) is 10.1. The zero-order chi connectivity index (χ0) is 19.6. The molecule has 0 spiro atoms. The van der Waals surface area contributed by atoms with E-state index >= 15 is 0 Å². The molecule has 0 aliphatic carbocycles. The molecule has 1 heterocycles. The van der Waals surface area contributed by atoms with Crippen molar-refractivity contribution in [2.75, 3.05) is 4.72 Å². The van der Waals surface area contributed by atoms with E-state index in [9.17, 15) is 23.2 Å². The molecule has 2 aromatic carbocycles. The number of benzene rings is 2. The number of anilines is 1. The van der Waals surface area contributed by atoms with Crippen LogP contribution >= 0.6 is 11.3 Å². The Morgan fingerprint density at radius 2 is 1.85 bits per heavy atom. The Labute approximate surface area is 159 Å². The van der Waals surface area contributed by atoms with Crippen LogP contribution in [0.5, 0.6) is 0 Å². The van der Waals surface area contributed by atoms with Crippen LogP contribution in [0.25, 0.3) is 10.4 Å². The number of rotatable bonds is 6. The van der Waals surface area contributed by atoms with Gasteiger partial charge in [0.05, 0.1) is 10.6 Å². The Hall–Kier alpha value is -3.04. The van der Waals surface area contributed by atoms with E-state index in [1.807, 2.05) is 0 Å². The van der Waals surface area contributed by atoms with Crippen molar-refractivity contribution in [2.45, 2.75) is 11.8 Å². The van der Waals surface area contributed by atoms with Crippen molar-refractivity contribution in [1.29, 1.82) is 0 Å². The molecule has 1 aromatic heterocycles. The summed E-state index contributed by atoms with van der Waals surface area (Å²) in [5, 5.41) is 11.2. The van der Waals surface area contributed by atoms with E-state index in [4.69, 9.17) is 0 Å². The Morgan fingerprint density at radius 1 is 1.11 bits per heavy atom. The molecule has 3 N–H and O–H groups in total. The van der Waals surface area contributed by atoms with E-state index in [0.29, 0.717) is 21.7 Å². The van der Waals surface area contributed by atoms with E-state index in [1.54, 1.807) is 54.6 Å². The number of hydrogen-bond acceptors (Lipinski definition) is 5. The van der Waals surface area contributed by atoms with Gasteiger partial charge in [-0.3, -0.25) is 4.72 Å². The SMILES string of the molecule is Cc1ccccc1S(=O)(=O)Nc1cc(-c2cccc([NH+]=O)c2)sc1C(=O)O. The van der Waals surface area contributed by atoms with Gasteiger partial charge in [-0.05, 0) is 30.2 Å². The van der Waals surface area contributed by atoms with Crippen LogP contribution in [0.4, 0.5) is 11.4 Å². The fourth-order valence-electron chi connectivity index (χ4n) is 2.56. The third-order valence-electron chi connectivity index (χ3n) is 3.82. The number of carbonyl (C=O) groups is 1. The Balaban J connectivity index is 2.05.